The summed E-state index contributed by atoms with van der Waals surface area (Å²) >= 11 is 0. The second-order valence-electron chi connectivity index (χ2n) is 5.89. The van der Waals surface area contributed by atoms with Gasteiger partial charge < -0.3 is 4.74 Å². The molecule has 0 aliphatic carbocycles. The minimum atomic E-state index is -0.580. The molecule has 1 heterocycles. The predicted octanol–water partition coefficient (Wildman–Crippen LogP) is 4.19. The van der Waals surface area contributed by atoms with Crippen LogP contribution in [-0.4, -0.2) is 16.8 Å². The third-order valence-corrected chi connectivity index (χ3v) is 3.83. The lowest BCUT2D eigenvalue weighted by Gasteiger charge is -2.01. The molecule has 26 heavy (non-hydrogen) atoms. The van der Waals surface area contributed by atoms with Crippen LogP contribution < -0.4 is 0 Å². The minimum absolute atomic E-state index is 0.0427. The van der Waals surface area contributed by atoms with Gasteiger partial charge in [-0.05, 0) is 37.1 Å². The number of nitro groups is 1. The topological polar surface area (TPSA) is 81.8 Å². The van der Waals surface area contributed by atoms with E-state index in [9.17, 15) is 14.9 Å². The molecular formula is C20H16N2O4. The highest BCUT2D eigenvalue weighted by atomic mass is 16.6. The Morgan fingerprint density at radius 3 is 2.62 bits per heavy atom. The Bertz CT molecular complexity index is 973. The number of benzene rings is 2. The maximum Gasteiger partial charge on any atom is 0.363 e. The van der Waals surface area contributed by atoms with E-state index in [0.717, 1.165) is 11.1 Å². The van der Waals surface area contributed by atoms with Crippen molar-refractivity contribution in [3.05, 3.63) is 92.7 Å². The van der Waals surface area contributed by atoms with Gasteiger partial charge in [-0.1, -0.05) is 42.5 Å². The van der Waals surface area contributed by atoms with Crippen LogP contribution in [0.1, 0.15) is 23.6 Å². The van der Waals surface area contributed by atoms with Gasteiger partial charge in [-0.25, -0.2) is 9.79 Å². The molecule has 2 aromatic rings. The number of rotatable bonds is 4. The highest BCUT2D eigenvalue weighted by Gasteiger charge is 2.25. The van der Waals surface area contributed by atoms with E-state index >= 15 is 0 Å². The molecule has 0 fully saturated rings. The quantitative estimate of drug-likeness (QED) is 0.359. The zero-order valence-electron chi connectivity index (χ0n) is 14.3. The number of nitrogens with zero attached hydrogens (tertiary/aromatic N) is 2. The number of aliphatic imine (C=N–C) groups is 1. The van der Waals surface area contributed by atoms with Crippen molar-refractivity contribution in [1.29, 1.82) is 0 Å². The van der Waals surface area contributed by atoms with E-state index in [2.05, 4.69) is 4.99 Å². The van der Waals surface area contributed by atoms with Crippen LogP contribution in [0.25, 0.3) is 6.08 Å². The number of nitro benzene ring substituents is 1. The van der Waals surface area contributed by atoms with Crippen molar-refractivity contribution < 1.29 is 14.5 Å². The van der Waals surface area contributed by atoms with Crippen LogP contribution in [0, 0.1) is 17.0 Å². The summed E-state index contributed by atoms with van der Waals surface area (Å²) in [6, 6.07) is 14.3. The molecule has 0 saturated carbocycles. The number of hydrogen-bond acceptors (Lipinski definition) is 5. The van der Waals surface area contributed by atoms with Gasteiger partial charge in [-0.2, -0.15) is 0 Å². The minimum Gasteiger partial charge on any atom is -0.402 e. The van der Waals surface area contributed by atoms with Crippen molar-refractivity contribution in [3.63, 3.8) is 0 Å². The van der Waals surface area contributed by atoms with E-state index in [1.165, 1.54) is 6.07 Å². The summed E-state index contributed by atoms with van der Waals surface area (Å²) in [5.41, 5.74) is 2.88. The number of carbonyl (C=O) groups excluding carboxylic acids is 1. The number of carbonyl (C=O) groups is 1. The average Bonchev–Trinajstić information content (AvgIpc) is 2.96. The summed E-state index contributed by atoms with van der Waals surface area (Å²) in [5, 5.41) is 11.1. The van der Waals surface area contributed by atoms with E-state index in [1.54, 1.807) is 25.1 Å². The van der Waals surface area contributed by atoms with E-state index in [1.807, 2.05) is 43.3 Å². The monoisotopic (exact) mass is 348 g/mol. The molecular weight excluding hydrogens is 332 g/mol. The van der Waals surface area contributed by atoms with Crippen molar-refractivity contribution >= 4 is 23.6 Å². The highest BCUT2D eigenvalue weighted by Crippen LogP contribution is 2.24. The molecule has 6 nitrogen and oxygen atoms in total. The molecule has 0 radical (unpaired) electrons. The van der Waals surface area contributed by atoms with Crippen LogP contribution in [0.3, 0.4) is 0 Å². The van der Waals surface area contributed by atoms with Crippen LogP contribution >= 0.6 is 0 Å². The summed E-state index contributed by atoms with van der Waals surface area (Å²) < 4.78 is 5.18. The molecule has 3 rings (SSSR count). The van der Waals surface area contributed by atoms with Gasteiger partial charge >= 0.3 is 5.97 Å². The molecule has 130 valence electrons. The molecule has 0 N–H and O–H groups in total. The molecule has 0 spiro atoms. The first-order valence-electron chi connectivity index (χ1n) is 7.95. The SMILES string of the molecule is CC(/C=C1\N=C(c2ccc(C)c([N+](=O)[O-])c2)OC1=O)=C\c1ccccc1. The number of esters is 1. The molecule has 1 aliphatic rings. The molecule has 0 saturated heterocycles. The molecule has 2 aromatic carbocycles. The van der Waals surface area contributed by atoms with Crippen LogP contribution in [0.5, 0.6) is 0 Å². The molecule has 0 atom stereocenters. The van der Waals surface area contributed by atoms with E-state index in [4.69, 9.17) is 4.74 Å². The number of aryl methyl sites for hydroxylation is 1. The molecule has 6 heteroatoms. The molecule has 0 aromatic heterocycles. The highest BCUT2D eigenvalue weighted by molar-refractivity contribution is 6.11. The van der Waals surface area contributed by atoms with Crippen LogP contribution in [0.2, 0.25) is 0 Å². The standard InChI is InChI=1S/C20H16N2O4/c1-13(10-15-6-4-3-5-7-15)11-17-20(23)26-19(21-17)16-9-8-14(2)18(12-16)22(24)25/h3-12H,1-2H3/b13-10+,17-11-. The molecule has 1 aliphatic heterocycles. The summed E-state index contributed by atoms with van der Waals surface area (Å²) in [6.45, 7) is 3.50. The fraction of sp³-hybridized carbons (Fsp3) is 0.100. The maximum atomic E-state index is 12.1. The smallest absolute Gasteiger partial charge is 0.363 e. The normalized spacial score (nSPS) is 15.8. The second-order valence-corrected chi connectivity index (χ2v) is 5.89. The Morgan fingerprint density at radius 1 is 1.19 bits per heavy atom. The first kappa shape index (κ1) is 17.3. The van der Waals surface area contributed by atoms with Gasteiger partial charge in [0.25, 0.3) is 5.69 Å². The summed E-state index contributed by atoms with van der Waals surface area (Å²) in [7, 11) is 0. The Balaban J connectivity index is 1.91. The van der Waals surface area contributed by atoms with Gasteiger partial charge in [0.1, 0.15) is 0 Å². The summed E-state index contributed by atoms with van der Waals surface area (Å²) in [6.07, 6.45) is 3.55. The van der Waals surface area contributed by atoms with Crippen LogP contribution in [-0.2, 0) is 9.53 Å². The van der Waals surface area contributed by atoms with Gasteiger partial charge in [0, 0.05) is 17.2 Å². The maximum absolute atomic E-state index is 12.1. The van der Waals surface area contributed by atoms with Gasteiger partial charge in [0.05, 0.1) is 4.92 Å². The lowest BCUT2D eigenvalue weighted by Crippen LogP contribution is -2.06. The largest absolute Gasteiger partial charge is 0.402 e. The fourth-order valence-corrected chi connectivity index (χ4v) is 2.54. The lowest BCUT2D eigenvalue weighted by molar-refractivity contribution is -0.385. The number of ether oxygens (including phenoxy) is 1. The van der Waals surface area contributed by atoms with E-state index in [-0.39, 0.29) is 17.3 Å². The Hall–Kier alpha value is -3.54. The van der Waals surface area contributed by atoms with Gasteiger partial charge in [0.15, 0.2) is 5.70 Å². The fourth-order valence-electron chi connectivity index (χ4n) is 2.54. The van der Waals surface area contributed by atoms with Crippen molar-refractivity contribution in [2.24, 2.45) is 4.99 Å². The lowest BCUT2D eigenvalue weighted by atomic mass is 10.1. The van der Waals surface area contributed by atoms with Crippen molar-refractivity contribution in [2.75, 3.05) is 0 Å². The average molecular weight is 348 g/mol. The summed E-state index contributed by atoms with van der Waals surface area (Å²) in [4.78, 5) is 26.9. The van der Waals surface area contributed by atoms with Crippen LogP contribution in [0.15, 0.2) is 70.9 Å². The van der Waals surface area contributed by atoms with Crippen molar-refractivity contribution in [2.45, 2.75) is 13.8 Å². The third-order valence-electron chi connectivity index (χ3n) is 3.83. The van der Waals surface area contributed by atoms with E-state index < -0.39 is 10.9 Å². The second kappa shape index (κ2) is 7.14. The number of allylic oxidation sites excluding steroid dienone is 2. The Kier molecular flexibility index (Phi) is 4.75. The molecule has 0 bridgehead atoms. The molecule has 0 amide bonds. The first-order chi connectivity index (χ1) is 12.4. The summed E-state index contributed by atoms with van der Waals surface area (Å²) in [5.74, 6) is -0.513. The molecule has 0 unspecified atom stereocenters. The third kappa shape index (κ3) is 3.75. The first-order valence-corrected chi connectivity index (χ1v) is 7.95. The number of hydrogen-bond donors (Lipinski definition) is 0. The zero-order chi connectivity index (χ0) is 18.7. The Labute approximate surface area is 150 Å². The van der Waals surface area contributed by atoms with Gasteiger partial charge in [0.2, 0.25) is 5.90 Å². The predicted molar refractivity (Wildman–Crippen MR) is 98.6 cm³/mol. The van der Waals surface area contributed by atoms with Crippen molar-refractivity contribution in [1.82, 2.24) is 0 Å². The van der Waals surface area contributed by atoms with E-state index in [0.29, 0.717) is 11.1 Å². The van der Waals surface area contributed by atoms with Gasteiger partial charge in [-0.3, -0.25) is 10.1 Å². The Morgan fingerprint density at radius 2 is 1.92 bits per heavy atom. The number of cyclic esters (lactones) is 1. The zero-order valence-corrected chi connectivity index (χ0v) is 14.3. The van der Waals surface area contributed by atoms with Crippen molar-refractivity contribution in [3.8, 4) is 0 Å². The van der Waals surface area contributed by atoms with Crippen LogP contribution in [0.4, 0.5) is 5.69 Å². The van der Waals surface area contributed by atoms with Gasteiger partial charge in [-0.15, -0.1) is 0 Å².